The quantitative estimate of drug-likeness (QED) is 0.463. The monoisotopic (exact) mass is 434 g/mol. The molecule has 1 fully saturated rings. The number of benzene rings is 1. The van der Waals surface area contributed by atoms with Gasteiger partial charge in [-0.25, -0.2) is 9.97 Å². The number of nitrogens with zero attached hydrogens (tertiary/aromatic N) is 4. The Morgan fingerprint density at radius 2 is 1.74 bits per heavy atom. The number of Topliss-reactive ketones (excluding diaryl/α,β-unsaturated/α-hetero) is 1. The summed E-state index contributed by atoms with van der Waals surface area (Å²) in [4.78, 5) is 49.9. The predicted octanol–water partition coefficient (Wildman–Crippen LogP) is 3.22. The maximum Gasteiger partial charge on any atom is 0.260 e. The van der Waals surface area contributed by atoms with E-state index < -0.39 is 12.1 Å². The largest absolute Gasteiger partial charge is 0.302 e. The molecule has 1 unspecified atom stereocenters. The Balaban J connectivity index is 1.62. The van der Waals surface area contributed by atoms with Gasteiger partial charge in [0.25, 0.3) is 5.91 Å². The fourth-order valence-corrected chi connectivity index (χ4v) is 4.60. The third-order valence-electron chi connectivity index (χ3n) is 6.00. The van der Waals surface area contributed by atoms with E-state index in [0.717, 1.165) is 17.2 Å². The number of rotatable bonds is 4. The summed E-state index contributed by atoms with van der Waals surface area (Å²) in [5, 5.41) is 1.11. The molecule has 2 atom stereocenters. The van der Waals surface area contributed by atoms with Crippen LogP contribution in [-0.4, -0.2) is 52.0 Å². The first-order valence-electron chi connectivity index (χ1n) is 10.1. The molecule has 5 rings (SSSR count). The highest BCUT2D eigenvalue weighted by Gasteiger charge is 2.45. The minimum atomic E-state index is -0.592. The first kappa shape index (κ1) is 19.8. The lowest BCUT2D eigenvalue weighted by atomic mass is 9.96. The highest BCUT2D eigenvalue weighted by Crippen LogP contribution is 2.40. The fourth-order valence-electron chi connectivity index (χ4n) is 4.46. The van der Waals surface area contributed by atoms with Crippen LogP contribution in [0, 0.1) is 0 Å². The third-order valence-corrected chi connectivity index (χ3v) is 6.21. The van der Waals surface area contributed by atoms with Gasteiger partial charge >= 0.3 is 0 Å². The van der Waals surface area contributed by atoms with Crippen LogP contribution in [0.25, 0.3) is 11.0 Å². The summed E-state index contributed by atoms with van der Waals surface area (Å²) in [5.41, 5.74) is 1.76. The van der Waals surface area contributed by atoms with E-state index >= 15 is 0 Å². The molecule has 0 bridgehead atoms. The third kappa shape index (κ3) is 3.40. The van der Waals surface area contributed by atoms with Crippen molar-refractivity contribution in [2.75, 3.05) is 18.0 Å². The van der Waals surface area contributed by atoms with E-state index in [0.29, 0.717) is 48.1 Å². The zero-order valence-electron chi connectivity index (χ0n) is 16.6. The van der Waals surface area contributed by atoms with Gasteiger partial charge < -0.3 is 4.79 Å². The lowest BCUT2D eigenvalue weighted by molar-refractivity contribution is -0.124. The van der Waals surface area contributed by atoms with Crippen LogP contribution in [0.15, 0.2) is 48.5 Å². The maximum absolute atomic E-state index is 13.4. The molecule has 2 aromatic heterocycles. The van der Waals surface area contributed by atoms with Crippen LogP contribution in [0.5, 0.6) is 0 Å². The summed E-state index contributed by atoms with van der Waals surface area (Å²) >= 11 is 6.04. The van der Waals surface area contributed by atoms with Crippen LogP contribution in [-0.2, 0) is 9.59 Å². The van der Waals surface area contributed by atoms with E-state index in [9.17, 15) is 14.4 Å². The number of ketones is 1. The van der Waals surface area contributed by atoms with Crippen molar-refractivity contribution in [1.29, 1.82) is 0 Å². The number of hydrogen-bond acceptors (Lipinski definition) is 6. The molecule has 8 heteroatoms. The Hall–Kier alpha value is -3.16. The second kappa shape index (κ2) is 7.83. The van der Waals surface area contributed by atoms with Crippen molar-refractivity contribution in [2.45, 2.75) is 24.9 Å². The summed E-state index contributed by atoms with van der Waals surface area (Å²) in [6, 6.07) is 13.3. The summed E-state index contributed by atoms with van der Waals surface area (Å²) in [5.74, 6) is 0.391. The molecular formula is C23H19ClN4O3. The molecule has 2 aliphatic rings. The molecule has 31 heavy (non-hydrogen) atoms. The molecule has 0 aliphatic carbocycles. The van der Waals surface area contributed by atoms with E-state index in [1.807, 2.05) is 35.2 Å². The Morgan fingerprint density at radius 1 is 1.00 bits per heavy atom. The average Bonchev–Trinajstić information content (AvgIpc) is 3.07. The summed E-state index contributed by atoms with van der Waals surface area (Å²) in [6.45, 7) is 0.983. The number of halogens is 1. The van der Waals surface area contributed by atoms with Gasteiger partial charge in [-0.3, -0.25) is 19.4 Å². The van der Waals surface area contributed by atoms with Crippen molar-refractivity contribution in [2.24, 2.45) is 0 Å². The lowest BCUT2D eigenvalue weighted by Crippen LogP contribution is -2.49. The molecule has 1 amide bonds. The topological polar surface area (TPSA) is 83.5 Å². The first-order valence-corrected chi connectivity index (χ1v) is 10.5. The van der Waals surface area contributed by atoms with E-state index in [1.54, 1.807) is 23.1 Å². The minimum Gasteiger partial charge on any atom is -0.302 e. The average molecular weight is 435 g/mol. The second-order valence-corrected chi connectivity index (χ2v) is 8.15. The Labute approximate surface area is 183 Å². The van der Waals surface area contributed by atoms with Crippen LogP contribution in [0.1, 0.15) is 34.8 Å². The van der Waals surface area contributed by atoms with Gasteiger partial charge in [-0.1, -0.05) is 29.8 Å². The predicted molar refractivity (Wildman–Crippen MR) is 116 cm³/mol. The Morgan fingerprint density at radius 3 is 2.52 bits per heavy atom. The number of carbonyl (C=O) groups is 3. The lowest BCUT2D eigenvalue weighted by Gasteiger charge is -2.37. The van der Waals surface area contributed by atoms with E-state index in [4.69, 9.17) is 11.6 Å². The molecule has 156 valence electrons. The maximum atomic E-state index is 13.4. The molecule has 4 heterocycles. The van der Waals surface area contributed by atoms with Crippen molar-refractivity contribution in [3.05, 3.63) is 64.8 Å². The molecule has 0 N–H and O–H groups in total. The van der Waals surface area contributed by atoms with Gasteiger partial charge in [0.15, 0.2) is 5.65 Å². The number of pyridine rings is 2. The zero-order chi connectivity index (χ0) is 21.5. The van der Waals surface area contributed by atoms with Crippen molar-refractivity contribution in [3.63, 3.8) is 0 Å². The van der Waals surface area contributed by atoms with Crippen molar-refractivity contribution >= 4 is 46.4 Å². The van der Waals surface area contributed by atoms with Gasteiger partial charge in [0.05, 0.1) is 12.1 Å². The van der Waals surface area contributed by atoms with E-state index in [2.05, 4.69) is 9.97 Å². The molecule has 1 aromatic carbocycles. The first-order chi connectivity index (χ1) is 15.1. The molecular weight excluding hydrogens is 416 g/mol. The number of anilines is 1. The molecule has 7 nitrogen and oxygen atoms in total. The smallest absolute Gasteiger partial charge is 0.260 e. The molecule has 1 saturated heterocycles. The van der Waals surface area contributed by atoms with E-state index in [-0.39, 0.29) is 11.7 Å². The number of amides is 1. The van der Waals surface area contributed by atoms with Crippen LogP contribution in [0.4, 0.5) is 5.82 Å². The normalized spacial score (nSPS) is 20.2. The highest BCUT2D eigenvalue weighted by atomic mass is 35.5. The second-order valence-electron chi connectivity index (χ2n) is 7.76. The number of aldehydes is 1. The van der Waals surface area contributed by atoms with Crippen molar-refractivity contribution < 1.29 is 14.4 Å². The number of hydrogen-bond donors (Lipinski definition) is 0. The van der Waals surface area contributed by atoms with E-state index in [1.165, 1.54) is 0 Å². The number of carbonyl (C=O) groups excluding carboxylic acids is 3. The van der Waals surface area contributed by atoms with Gasteiger partial charge in [-0.05, 0) is 35.9 Å². The van der Waals surface area contributed by atoms with Gasteiger partial charge in [-0.2, -0.15) is 0 Å². The van der Waals surface area contributed by atoms with Gasteiger partial charge in [0.1, 0.15) is 23.0 Å². The minimum absolute atomic E-state index is 0.194. The van der Waals surface area contributed by atoms with Crippen molar-refractivity contribution in [1.82, 2.24) is 14.9 Å². The number of fused-ring (bicyclic) bond motifs is 2. The molecule has 3 aromatic rings. The Bertz CT molecular complexity index is 1200. The molecule has 2 aliphatic heterocycles. The van der Waals surface area contributed by atoms with Crippen LogP contribution >= 0.6 is 11.6 Å². The van der Waals surface area contributed by atoms with Gasteiger partial charge in [-0.15, -0.1) is 0 Å². The van der Waals surface area contributed by atoms with Crippen molar-refractivity contribution in [3.8, 4) is 0 Å². The van der Waals surface area contributed by atoms with Gasteiger partial charge in [0, 0.05) is 36.9 Å². The summed E-state index contributed by atoms with van der Waals surface area (Å²) < 4.78 is 0. The highest BCUT2D eigenvalue weighted by molar-refractivity contribution is 6.29. The number of likely N-dealkylation sites (tertiary alicyclic amines) is 1. The number of piperidine rings is 1. The molecule has 0 saturated carbocycles. The summed E-state index contributed by atoms with van der Waals surface area (Å²) in [7, 11) is 0. The van der Waals surface area contributed by atoms with Crippen LogP contribution < -0.4 is 4.90 Å². The fraction of sp³-hybridized carbons (Fsp3) is 0.261. The Kier molecular flexibility index (Phi) is 5.00. The summed E-state index contributed by atoms with van der Waals surface area (Å²) in [6.07, 6.45) is 1.69. The standard InChI is InChI=1S/C23H19ClN4O3/c24-19-7-5-14-6-8-20(26-22(14)25-19)28-21(16-3-1-2-4-17(16)23(28)31)18(13-29)27-11-9-15(30)10-12-27/h1-8,13,18,21H,9-12H2/t18?,21-/m0/s1. The molecule has 0 spiro atoms. The zero-order valence-corrected chi connectivity index (χ0v) is 17.3. The van der Waals surface area contributed by atoms with Crippen LogP contribution in [0.3, 0.4) is 0 Å². The SMILES string of the molecule is O=CC([C@@H]1c2ccccc2C(=O)N1c1ccc2ccc(Cl)nc2n1)N1CCC(=O)CC1. The number of aromatic nitrogens is 2. The van der Waals surface area contributed by atoms with Crippen LogP contribution in [0.2, 0.25) is 5.15 Å². The molecule has 0 radical (unpaired) electrons. The van der Waals surface area contributed by atoms with Gasteiger partial charge in [0.2, 0.25) is 0 Å².